The van der Waals surface area contributed by atoms with Gasteiger partial charge < -0.3 is 5.32 Å². The molecule has 1 aliphatic carbocycles. The lowest BCUT2D eigenvalue weighted by Crippen LogP contribution is -2.37. The number of likely N-dealkylation sites (N-methyl/N-ethyl adjacent to an activating group) is 1. The third-order valence-corrected chi connectivity index (χ3v) is 2.85. The van der Waals surface area contributed by atoms with Crippen molar-refractivity contribution in [2.45, 2.75) is 25.7 Å². The predicted octanol–water partition coefficient (Wildman–Crippen LogP) is 0.858. The van der Waals surface area contributed by atoms with Gasteiger partial charge in [-0.2, -0.15) is 0 Å². The smallest absolute Gasteiger partial charge is 0.234 e. The molecule has 1 fully saturated rings. The van der Waals surface area contributed by atoms with Gasteiger partial charge in [0.15, 0.2) is 0 Å². The van der Waals surface area contributed by atoms with Gasteiger partial charge in [-0.15, -0.1) is 6.42 Å². The molecule has 0 atom stereocenters. The number of amides is 1. The van der Waals surface area contributed by atoms with Crippen molar-refractivity contribution in [1.29, 1.82) is 0 Å². The van der Waals surface area contributed by atoms with Crippen LogP contribution in [0.1, 0.15) is 25.7 Å². The van der Waals surface area contributed by atoms with E-state index in [0.717, 1.165) is 12.5 Å². The van der Waals surface area contributed by atoms with Gasteiger partial charge in [0.05, 0.1) is 13.1 Å². The second-order valence-corrected chi connectivity index (χ2v) is 4.33. The standard InChI is InChI=1S/C12H20N2O/c1-3-8-13-12(15)10-14(2)9-11-6-4-5-7-11/h1,11H,4-10H2,2H3,(H,13,15). The highest BCUT2D eigenvalue weighted by Gasteiger charge is 2.17. The van der Waals surface area contributed by atoms with Crippen LogP contribution >= 0.6 is 0 Å². The Hall–Kier alpha value is -1.01. The Morgan fingerprint density at radius 3 is 2.80 bits per heavy atom. The molecule has 0 spiro atoms. The zero-order valence-electron chi connectivity index (χ0n) is 9.46. The van der Waals surface area contributed by atoms with Crippen LogP contribution in [-0.2, 0) is 4.79 Å². The van der Waals surface area contributed by atoms with Gasteiger partial charge in [0, 0.05) is 6.54 Å². The molecule has 0 aromatic rings. The molecule has 1 aliphatic rings. The fourth-order valence-electron chi connectivity index (χ4n) is 2.15. The first-order valence-electron chi connectivity index (χ1n) is 5.61. The first-order chi connectivity index (χ1) is 7.22. The molecule has 0 heterocycles. The molecule has 3 nitrogen and oxygen atoms in total. The maximum atomic E-state index is 11.3. The van der Waals surface area contributed by atoms with Crippen molar-refractivity contribution in [3.63, 3.8) is 0 Å². The molecule has 0 radical (unpaired) electrons. The molecule has 1 rings (SSSR count). The molecular weight excluding hydrogens is 188 g/mol. The van der Waals surface area contributed by atoms with Crippen molar-refractivity contribution in [2.75, 3.05) is 26.7 Å². The number of carbonyl (C=O) groups excluding carboxylic acids is 1. The molecule has 0 saturated heterocycles. The summed E-state index contributed by atoms with van der Waals surface area (Å²) in [5.41, 5.74) is 0. The van der Waals surface area contributed by atoms with E-state index in [2.05, 4.69) is 16.1 Å². The molecule has 3 heteroatoms. The van der Waals surface area contributed by atoms with Crippen molar-refractivity contribution in [3.05, 3.63) is 0 Å². The number of terminal acetylenes is 1. The summed E-state index contributed by atoms with van der Waals surface area (Å²) < 4.78 is 0. The van der Waals surface area contributed by atoms with Crippen LogP contribution in [0.4, 0.5) is 0 Å². The summed E-state index contributed by atoms with van der Waals surface area (Å²) in [5, 5.41) is 2.67. The average Bonchev–Trinajstić information content (AvgIpc) is 2.67. The maximum absolute atomic E-state index is 11.3. The number of hydrogen-bond acceptors (Lipinski definition) is 2. The van der Waals surface area contributed by atoms with Gasteiger partial charge in [0.25, 0.3) is 0 Å². The van der Waals surface area contributed by atoms with Gasteiger partial charge in [-0.1, -0.05) is 18.8 Å². The number of rotatable bonds is 5. The summed E-state index contributed by atoms with van der Waals surface area (Å²) >= 11 is 0. The van der Waals surface area contributed by atoms with Crippen LogP contribution in [0.3, 0.4) is 0 Å². The molecule has 0 aromatic heterocycles. The van der Waals surface area contributed by atoms with Crippen molar-refractivity contribution >= 4 is 5.91 Å². The van der Waals surface area contributed by atoms with Crippen molar-refractivity contribution in [2.24, 2.45) is 5.92 Å². The van der Waals surface area contributed by atoms with E-state index >= 15 is 0 Å². The maximum Gasteiger partial charge on any atom is 0.234 e. The van der Waals surface area contributed by atoms with Crippen molar-refractivity contribution in [3.8, 4) is 12.3 Å². The first kappa shape index (κ1) is 12.1. The number of hydrogen-bond donors (Lipinski definition) is 1. The quantitative estimate of drug-likeness (QED) is 0.680. The van der Waals surface area contributed by atoms with E-state index in [9.17, 15) is 4.79 Å². The summed E-state index contributed by atoms with van der Waals surface area (Å²) in [5.74, 6) is 3.20. The van der Waals surface area contributed by atoms with Gasteiger partial charge >= 0.3 is 0 Å². The highest BCUT2D eigenvalue weighted by atomic mass is 16.1. The molecule has 1 N–H and O–H groups in total. The lowest BCUT2D eigenvalue weighted by Gasteiger charge is -2.19. The fraction of sp³-hybridized carbons (Fsp3) is 0.750. The first-order valence-corrected chi connectivity index (χ1v) is 5.61. The minimum atomic E-state index is 0.0217. The lowest BCUT2D eigenvalue weighted by atomic mass is 10.1. The molecule has 0 aromatic carbocycles. The fourth-order valence-corrected chi connectivity index (χ4v) is 2.15. The third kappa shape index (κ3) is 4.85. The molecule has 15 heavy (non-hydrogen) atoms. The van der Waals surface area contributed by atoms with Crippen LogP contribution in [0.15, 0.2) is 0 Å². The number of nitrogens with one attached hydrogen (secondary N) is 1. The molecule has 0 bridgehead atoms. The second kappa shape index (κ2) is 6.47. The number of nitrogens with zero attached hydrogens (tertiary/aromatic N) is 1. The van der Waals surface area contributed by atoms with Gasteiger partial charge in [-0.3, -0.25) is 9.69 Å². The topological polar surface area (TPSA) is 32.3 Å². The average molecular weight is 208 g/mol. The highest BCUT2D eigenvalue weighted by Crippen LogP contribution is 2.24. The summed E-state index contributed by atoms with van der Waals surface area (Å²) in [7, 11) is 1.99. The monoisotopic (exact) mass is 208 g/mol. The predicted molar refractivity (Wildman–Crippen MR) is 61.3 cm³/mol. The Labute approximate surface area is 92.2 Å². The van der Waals surface area contributed by atoms with E-state index < -0.39 is 0 Å². The van der Waals surface area contributed by atoms with E-state index in [-0.39, 0.29) is 5.91 Å². The van der Waals surface area contributed by atoms with Gasteiger partial charge in [0.2, 0.25) is 5.91 Å². The van der Waals surface area contributed by atoms with E-state index in [1.54, 1.807) is 0 Å². The molecular formula is C12H20N2O. The lowest BCUT2D eigenvalue weighted by molar-refractivity contribution is -0.121. The van der Waals surface area contributed by atoms with Crippen LogP contribution in [0, 0.1) is 18.3 Å². The minimum Gasteiger partial charge on any atom is -0.344 e. The third-order valence-electron chi connectivity index (χ3n) is 2.85. The van der Waals surface area contributed by atoms with E-state index in [4.69, 9.17) is 6.42 Å². The summed E-state index contributed by atoms with van der Waals surface area (Å²) in [6.45, 7) is 1.82. The summed E-state index contributed by atoms with van der Waals surface area (Å²) in [4.78, 5) is 13.4. The van der Waals surface area contributed by atoms with Gasteiger partial charge in [0.1, 0.15) is 0 Å². The van der Waals surface area contributed by atoms with Crippen LogP contribution in [0.2, 0.25) is 0 Å². The Kier molecular flexibility index (Phi) is 5.20. The van der Waals surface area contributed by atoms with Crippen LogP contribution in [0.5, 0.6) is 0 Å². The normalized spacial score (nSPS) is 16.6. The molecule has 1 saturated carbocycles. The summed E-state index contributed by atoms with van der Waals surface area (Å²) in [6, 6.07) is 0. The SMILES string of the molecule is C#CCNC(=O)CN(C)CC1CCCC1. The molecule has 0 unspecified atom stereocenters. The summed E-state index contributed by atoms with van der Waals surface area (Å²) in [6.07, 6.45) is 10.4. The number of carbonyl (C=O) groups is 1. The van der Waals surface area contributed by atoms with E-state index in [1.807, 2.05) is 7.05 Å². The molecule has 1 amide bonds. The van der Waals surface area contributed by atoms with Gasteiger partial charge in [-0.05, 0) is 25.8 Å². The molecule has 84 valence electrons. The van der Waals surface area contributed by atoms with Crippen LogP contribution < -0.4 is 5.32 Å². The Bertz CT molecular complexity index is 238. The van der Waals surface area contributed by atoms with Crippen LogP contribution in [0.25, 0.3) is 0 Å². The van der Waals surface area contributed by atoms with E-state index in [0.29, 0.717) is 13.1 Å². The Balaban J connectivity index is 2.14. The zero-order valence-corrected chi connectivity index (χ0v) is 9.46. The zero-order chi connectivity index (χ0) is 11.1. The largest absolute Gasteiger partial charge is 0.344 e. The van der Waals surface area contributed by atoms with E-state index in [1.165, 1.54) is 25.7 Å². The Morgan fingerprint density at radius 1 is 1.53 bits per heavy atom. The van der Waals surface area contributed by atoms with Crippen LogP contribution in [-0.4, -0.2) is 37.5 Å². The Morgan fingerprint density at radius 2 is 2.20 bits per heavy atom. The van der Waals surface area contributed by atoms with Crippen molar-refractivity contribution < 1.29 is 4.79 Å². The highest BCUT2D eigenvalue weighted by molar-refractivity contribution is 5.78. The van der Waals surface area contributed by atoms with Crippen molar-refractivity contribution in [1.82, 2.24) is 10.2 Å². The minimum absolute atomic E-state index is 0.0217. The molecule has 0 aliphatic heterocycles. The second-order valence-electron chi connectivity index (χ2n) is 4.33. The van der Waals surface area contributed by atoms with Gasteiger partial charge in [-0.25, -0.2) is 0 Å².